The number of hydrogen-bond donors (Lipinski definition) is 1. The number of carbonyl (C=O) groups is 1. The Labute approximate surface area is 100 Å². The van der Waals surface area contributed by atoms with Crippen LogP contribution < -0.4 is 5.73 Å². The molecule has 0 radical (unpaired) electrons. The van der Waals surface area contributed by atoms with E-state index in [0.717, 1.165) is 17.7 Å². The van der Waals surface area contributed by atoms with Gasteiger partial charge in [0.15, 0.2) is 0 Å². The first kappa shape index (κ1) is 13.1. The molecule has 1 amide bonds. The maximum absolute atomic E-state index is 11.8. The summed E-state index contributed by atoms with van der Waals surface area (Å²) in [6.45, 7) is 0.544. The van der Waals surface area contributed by atoms with Gasteiger partial charge >= 0.3 is 0 Å². The first-order chi connectivity index (χ1) is 7.65. The third-order valence-electron chi connectivity index (χ3n) is 2.33. The molecule has 1 heterocycles. The minimum absolute atomic E-state index is 0.0183. The summed E-state index contributed by atoms with van der Waals surface area (Å²) in [4.78, 5) is 13.5. The summed E-state index contributed by atoms with van der Waals surface area (Å²) < 4.78 is 4.95. The Morgan fingerprint density at radius 2 is 2.44 bits per heavy atom. The van der Waals surface area contributed by atoms with Gasteiger partial charge in [-0.25, -0.2) is 0 Å². The molecule has 0 spiro atoms. The van der Waals surface area contributed by atoms with Crippen LogP contribution in [0.4, 0.5) is 0 Å². The highest BCUT2D eigenvalue weighted by molar-refractivity contribution is 7.98. The Bertz CT molecular complexity index is 314. The van der Waals surface area contributed by atoms with Crippen molar-refractivity contribution in [3.63, 3.8) is 0 Å². The molecule has 0 saturated heterocycles. The molecule has 0 fully saturated rings. The second-order valence-electron chi connectivity index (χ2n) is 3.71. The van der Waals surface area contributed by atoms with E-state index in [-0.39, 0.29) is 5.91 Å². The SMILES string of the molecule is CSCC[C@@H](N)C(=O)N(C)Cc1ccoc1. The van der Waals surface area contributed by atoms with Crippen molar-refractivity contribution in [2.75, 3.05) is 19.1 Å². The van der Waals surface area contributed by atoms with Crippen molar-refractivity contribution in [1.29, 1.82) is 0 Å². The zero-order valence-electron chi connectivity index (χ0n) is 9.68. The standard InChI is InChI=1S/C11H18N2O2S/c1-13(7-9-3-5-15-8-9)11(14)10(12)4-6-16-2/h3,5,8,10H,4,6-7,12H2,1-2H3/t10-/m1/s1. The molecular formula is C11H18N2O2S. The molecule has 4 nitrogen and oxygen atoms in total. The molecule has 2 N–H and O–H groups in total. The lowest BCUT2D eigenvalue weighted by Crippen LogP contribution is -2.41. The lowest BCUT2D eigenvalue weighted by Gasteiger charge is -2.20. The van der Waals surface area contributed by atoms with Gasteiger partial charge in [-0.05, 0) is 24.5 Å². The zero-order valence-corrected chi connectivity index (χ0v) is 10.5. The van der Waals surface area contributed by atoms with Crippen LogP contribution in [-0.2, 0) is 11.3 Å². The number of carbonyl (C=O) groups excluding carboxylic acids is 1. The highest BCUT2D eigenvalue weighted by Gasteiger charge is 2.17. The van der Waals surface area contributed by atoms with Crippen LogP contribution in [0.25, 0.3) is 0 Å². The number of thioether (sulfide) groups is 1. The fraction of sp³-hybridized carbons (Fsp3) is 0.545. The Kier molecular flexibility index (Phi) is 5.42. The van der Waals surface area contributed by atoms with Gasteiger partial charge in [0.2, 0.25) is 5.91 Å². The molecule has 1 rings (SSSR count). The van der Waals surface area contributed by atoms with Crippen LogP contribution >= 0.6 is 11.8 Å². The van der Waals surface area contributed by atoms with Crippen LogP contribution in [-0.4, -0.2) is 35.9 Å². The van der Waals surface area contributed by atoms with Crippen molar-refractivity contribution in [2.24, 2.45) is 5.73 Å². The highest BCUT2D eigenvalue weighted by atomic mass is 32.2. The summed E-state index contributed by atoms with van der Waals surface area (Å²) in [6.07, 6.45) is 5.96. The molecule has 0 aliphatic carbocycles. The second kappa shape index (κ2) is 6.60. The number of nitrogens with two attached hydrogens (primary N) is 1. The molecule has 0 aliphatic rings. The van der Waals surface area contributed by atoms with Gasteiger partial charge in [-0.2, -0.15) is 11.8 Å². The molecule has 0 aromatic carbocycles. The van der Waals surface area contributed by atoms with Gasteiger partial charge in [-0.15, -0.1) is 0 Å². The maximum Gasteiger partial charge on any atom is 0.239 e. The van der Waals surface area contributed by atoms with Gasteiger partial charge in [0, 0.05) is 19.2 Å². The van der Waals surface area contributed by atoms with Crippen molar-refractivity contribution in [3.8, 4) is 0 Å². The Morgan fingerprint density at radius 1 is 1.69 bits per heavy atom. The van der Waals surface area contributed by atoms with E-state index in [1.165, 1.54) is 0 Å². The minimum Gasteiger partial charge on any atom is -0.472 e. The van der Waals surface area contributed by atoms with E-state index in [9.17, 15) is 4.79 Å². The van der Waals surface area contributed by atoms with E-state index in [1.54, 1.807) is 36.2 Å². The Morgan fingerprint density at radius 3 is 3.00 bits per heavy atom. The largest absolute Gasteiger partial charge is 0.472 e. The van der Waals surface area contributed by atoms with Crippen molar-refractivity contribution < 1.29 is 9.21 Å². The molecule has 1 aromatic rings. The minimum atomic E-state index is -0.399. The van der Waals surface area contributed by atoms with Gasteiger partial charge in [-0.3, -0.25) is 4.79 Å². The topological polar surface area (TPSA) is 59.5 Å². The molecule has 0 aliphatic heterocycles. The molecule has 0 unspecified atom stereocenters. The summed E-state index contributed by atoms with van der Waals surface area (Å²) in [6, 6.07) is 1.45. The Balaban J connectivity index is 2.41. The van der Waals surface area contributed by atoms with Gasteiger partial charge in [0.25, 0.3) is 0 Å². The van der Waals surface area contributed by atoms with Crippen LogP contribution in [0.3, 0.4) is 0 Å². The molecule has 1 atom stereocenters. The summed E-state index contributed by atoms with van der Waals surface area (Å²) in [7, 11) is 1.76. The van der Waals surface area contributed by atoms with E-state index in [4.69, 9.17) is 10.2 Å². The monoisotopic (exact) mass is 242 g/mol. The van der Waals surface area contributed by atoms with E-state index in [0.29, 0.717) is 6.54 Å². The highest BCUT2D eigenvalue weighted by Crippen LogP contribution is 2.06. The van der Waals surface area contributed by atoms with Crippen LogP contribution in [0.1, 0.15) is 12.0 Å². The maximum atomic E-state index is 11.8. The first-order valence-electron chi connectivity index (χ1n) is 5.15. The fourth-order valence-corrected chi connectivity index (χ4v) is 1.88. The van der Waals surface area contributed by atoms with E-state index >= 15 is 0 Å². The number of nitrogens with zero attached hydrogens (tertiary/aromatic N) is 1. The quantitative estimate of drug-likeness (QED) is 0.817. The van der Waals surface area contributed by atoms with E-state index in [1.807, 2.05) is 12.3 Å². The van der Waals surface area contributed by atoms with Crippen molar-refractivity contribution >= 4 is 17.7 Å². The third-order valence-corrected chi connectivity index (χ3v) is 2.97. The lowest BCUT2D eigenvalue weighted by molar-refractivity contribution is -0.131. The van der Waals surface area contributed by atoms with Gasteiger partial charge in [0.1, 0.15) is 0 Å². The molecule has 1 aromatic heterocycles. The number of amides is 1. The van der Waals surface area contributed by atoms with Crippen LogP contribution in [0.2, 0.25) is 0 Å². The number of likely N-dealkylation sites (N-methyl/N-ethyl adjacent to an activating group) is 1. The van der Waals surface area contributed by atoms with Gasteiger partial charge < -0.3 is 15.1 Å². The van der Waals surface area contributed by atoms with Crippen LogP contribution in [0, 0.1) is 0 Å². The van der Waals surface area contributed by atoms with Crippen molar-refractivity contribution in [2.45, 2.75) is 19.0 Å². The zero-order chi connectivity index (χ0) is 12.0. The summed E-state index contributed by atoms with van der Waals surface area (Å²) in [5, 5.41) is 0. The summed E-state index contributed by atoms with van der Waals surface area (Å²) in [5.74, 6) is 0.891. The lowest BCUT2D eigenvalue weighted by atomic mass is 10.2. The predicted octanol–water partition coefficient (Wildman–Crippen LogP) is 1.32. The number of rotatable bonds is 6. The molecule has 5 heteroatoms. The fourth-order valence-electron chi connectivity index (χ4n) is 1.39. The molecule has 90 valence electrons. The van der Waals surface area contributed by atoms with Gasteiger partial charge in [0.05, 0.1) is 18.6 Å². The van der Waals surface area contributed by atoms with Gasteiger partial charge in [-0.1, -0.05) is 0 Å². The van der Waals surface area contributed by atoms with Crippen LogP contribution in [0.15, 0.2) is 23.0 Å². The molecule has 16 heavy (non-hydrogen) atoms. The average Bonchev–Trinajstić information content (AvgIpc) is 2.77. The molecular weight excluding hydrogens is 224 g/mol. The first-order valence-corrected chi connectivity index (χ1v) is 6.55. The summed E-state index contributed by atoms with van der Waals surface area (Å²) in [5.41, 5.74) is 6.78. The summed E-state index contributed by atoms with van der Waals surface area (Å²) >= 11 is 1.70. The van der Waals surface area contributed by atoms with Crippen LogP contribution in [0.5, 0.6) is 0 Å². The molecule has 0 bridgehead atoms. The normalized spacial score (nSPS) is 12.4. The smallest absolute Gasteiger partial charge is 0.239 e. The molecule has 0 saturated carbocycles. The number of furan rings is 1. The predicted molar refractivity (Wildman–Crippen MR) is 66.2 cm³/mol. The average molecular weight is 242 g/mol. The van der Waals surface area contributed by atoms with E-state index < -0.39 is 6.04 Å². The Hall–Kier alpha value is -0.940. The van der Waals surface area contributed by atoms with Crippen molar-refractivity contribution in [1.82, 2.24) is 4.90 Å². The third kappa shape index (κ3) is 3.90. The number of hydrogen-bond acceptors (Lipinski definition) is 4. The van der Waals surface area contributed by atoms with E-state index in [2.05, 4.69) is 0 Å². The second-order valence-corrected chi connectivity index (χ2v) is 4.70. The van der Waals surface area contributed by atoms with Crippen molar-refractivity contribution in [3.05, 3.63) is 24.2 Å².